The number of hydrogen-bond acceptors (Lipinski definition) is 7. The van der Waals surface area contributed by atoms with Gasteiger partial charge in [0.25, 0.3) is 5.56 Å². The van der Waals surface area contributed by atoms with Crippen LogP contribution in [0.2, 0.25) is 0 Å². The van der Waals surface area contributed by atoms with Crippen LogP contribution in [0.3, 0.4) is 0 Å². The van der Waals surface area contributed by atoms with Gasteiger partial charge in [-0.3, -0.25) is 9.36 Å². The number of carbonyl (C=O) groups is 1. The van der Waals surface area contributed by atoms with Gasteiger partial charge in [-0.2, -0.15) is 17.7 Å². The van der Waals surface area contributed by atoms with Crippen LogP contribution in [0.1, 0.15) is 11.7 Å². The number of methoxy groups -OCH3 is 1. The molecule has 10 heteroatoms. The molecule has 1 atom stereocenters. The van der Waals surface area contributed by atoms with Gasteiger partial charge >= 0.3 is 5.97 Å². The lowest BCUT2D eigenvalue weighted by Gasteiger charge is -2.13. The van der Waals surface area contributed by atoms with Gasteiger partial charge in [-0.15, -0.1) is 10.2 Å². The summed E-state index contributed by atoms with van der Waals surface area (Å²) in [5, 5.41) is 22.3. The highest BCUT2D eigenvalue weighted by Gasteiger charge is 2.23. The number of rotatable bonds is 6. The number of aromatic nitrogens is 5. The molecule has 9 nitrogen and oxygen atoms in total. The van der Waals surface area contributed by atoms with E-state index < -0.39 is 17.6 Å². The summed E-state index contributed by atoms with van der Waals surface area (Å²) < 4.78 is 7.92. The lowest BCUT2D eigenvalue weighted by Crippen LogP contribution is -2.31. The SMILES string of the molecule is COCc1nn2c(nnc3c(=O)n([C@@H](CS)C(=O)O)ccc32)c1-c1ccccc1. The summed E-state index contributed by atoms with van der Waals surface area (Å²) in [5.74, 6) is -1.18. The lowest BCUT2D eigenvalue weighted by molar-refractivity contribution is -0.140. The first-order valence-corrected chi connectivity index (χ1v) is 9.37. The van der Waals surface area contributed by atoms with E-state index in [0.29, 0.717) is 16.9 Å². The van der Waals surface area contributed by atoms with Gasteiger partial charge in [0.2, 0.25) is 0 Å². The molecule has 0 aliphatic carbocycles. The molecule has 3 aromatic heterocycles. The monoisotopic (exact) mass is 411 g/mol. The fourth-order valence-corrected chi connectivity index (χ4v) is 3.61. The number of pyridine rings is 1. The maximum Gasteiger partial charge on any atom is 0.327 e. The molecule has 4 rings (SSSR count). The minimum atomic E-state index is -1.15. The molecule has 0 saturated heterocycles. The van der Waals surface area contributed by atoms with Gasteiger partial charge in [0, 0.05) is 19.1 Å². The summed E-state index contributed by atoms with van der Waals surface area (Å²) in [6.45, 7) is 0.257. The molecule has 29 heavy (non-hydrogen) atoms. The molecular formula is C19H17N5O4S. The summed E-state index contributed by atoms with van der Waals surface area (Å²) in [4.78, 5) is 24.3. The van der Waals surface area contributed by atoms with E-state index in [1.165, 1.54) is 6.20 Å². The molecule has 0 aliphatic rings. The molecule has 0 spiro atoms. The Balaban J connectivity index is 2.01. The summed E-state index contributed by atoms with van der Waals surface area (Å²) in [7, 11) is 1.57. The second-order valence-corrected chi connectivity index (χ2v) is 6.72. The van der Waals surface area contributed by atoms with Crippen LogP contribution in [0, 0.1) is 0 Å². The van der Waals surface area contributed by atoms with E-state index in [1.54, 1.807) is 17.7 Å². The van der Waals surface area contributed by atoms with Gasteiger partial charge in [0.1, 0.15) is 11.6 Å². The van der Waals surface area contributed by atoms with Crippen LogP contribution >= 0.6 is 12.6 Å². The minimum Gasteiger partial charge on any atom is -0.480 e. The molecule has 0 amide bonds. The van der Waals surface area contributed by atoms with Crippen LogP contribution in [-0.2, 0) is 16.1 Å². The van der Waals surface area contributed by atoms with E-state index in [0.717, 1.165) is 15.7 Å². The highest BCUT2D eigenvalue weighted by molar-refractivity contribution is 7.80. The van der Waals surface area contributed by atoms with E-state index in [-0.39, 0.29) is 17.9 Å². The number of carboxylic acid groups (broad SMARTS) is 1. The summed E-state index contributed by atoms with van der Waals surface area (Å²) in [5.41, 5.74) is 2.70. The maximum atomic E-state index is 12.9. The van der Waals surface area contributed by atoms with E-state index in [1.807, 2.05) is 30.3 Å². The summed E-state index contributed by atoms with van der Waals surface area (Å²) in [6, 6.07) is 10.1. The molecule has 0 saturated carbocycles. The van der Waals surface area contributed by atoms with Gasteiger partial charge in [-0.1, -0.05) is 30.3 Å². The van der Waals surface area contributed by atoms with Crippen LogP contribution in [0.15, 0.2) is 47.4 Å². The van der Waals surface area contributed by atoms with Crippen molar-refractivity contribution in [1.82, 2.24) is 24.4 Å². The van der Waals surface area contributed by atoms with Gasteiger partial charge < -0.3 is 9.84 Å². The highest BCUT2D eigenvalue weighted by atomic mass is 32.1. The smallest absolute Gasteiger partial charge is 0.327 e. The Morgan fingerprint density at radius 3 is 2.66 bits per heavy atom. The predicted octanol–water partition coefficient (Wildman–Crippen LogP) is 1.81. The molecule has 0 fully saturated rings. The van der Waals surface area contributed by atoms with Gasteiger partial charge in [-0.05, 0) is 11.6 Å². The fraction of sp³-hybridized carbons (Fsp3) is 0.211. The van der Waals surface area contributed by atoms with E-state index in [4.69, 9.17) is 4.74 Å². The molecule has 0 unspecified atom stereocenters. The van der Waals surface area contributed by atoms with Crippen molar-refractivity contribution in [2.24, 2.45) is 0 Å². The number of nitrogens with zero attached hydrogens (tertiary/aromatic N) is 5. The number of aliphatic carboxylic acids is 1. The van der Waals surface area contributed by atoms with Crippen molar-refractivity contribution in [3.63, 3.8) is 0 Å². The van der Waals surface area contributed by atoms with Crippen molar-refractivity contribution in [3.8, 4) is 11.1 Å². The van der Waals surface area contributed by atoms with Crippen molar-refractivity contribution in [3.05, 3.63) is 58.6 Å². The van der Waals surface area contributed by atoms with Crippen molar-refractivity contribution in [1.29, 1.82) is 0 Å². The molecule has 1 N–H and O–H groups in total. The molecule has 0 radical (unpaired) electrons. The van der Waals surface area contributed by atoms with Gasteiger partial charge in [0.15, 0.2) is 11.2 Å². The molecule has 148 valence electrons. The zero-order valence-corrected chi connectivity index (χ0v) is 16.3. The third kappa shape index (κ3) is 3.15. The molecule has 3 heterocycles. The number of thiol groups is 1. The molecule has 0 aliphatic heterocycles. The second-order valence-electron chi connectivity index (χ2n) is 6.35. The van der Waals surface area contributed by atoms with Crippen LogP contribution < -0.4 is 5.56 Å². The minimum absolute atomic E-state index is 0.0270. The van der Waals surface area contributed by atoms with E-state index in [2.05, 4.69) is 27.9 Å². The predicted molar refractivity (Wildman–Crippen MR) is 109 cm³/mol. The molecular weight excluding hydrogens is 394 g/mol. The van der Waals surface area contributed by atoms with Gasteiger partial charge in [0.05, 0.1) is 17.9 Å². The third-order valence-corrected chi connectivity index (χ3v) is 4.96. The molecule has 0 bridgehead atoms. The summed E-state index contributed by atoms with van der Waals surface area (Å²) in [6.07, 6.45) is 1.42. The normalized spacial score (nSPS) is 12.5. The fourth-order valence-electron chi connectivity index (χ4n) is 3.27. The number of ether oxygens (including phenoxy) is 1. The summed E-state index contributed by atoms with van der Waals surface area (Å²) >= 11 is 4.04. The van der Waals surface area contributed by atoms with E-state index in [9.17, 15) is 14.7 Å². The Bertz CT molecular complexity index is 1270. The maximum absolute atomic E-state index is 12.9. The van der Waals surface area contributed by atoms with E-state index >= 15 is 0 Å². The Kier molecular flexibility index (Phi) is 5.03. The quantitative estimate of drug-likeness (QED) is 0.465. The zero-order valence-electron chi connectivity index (χ0n) is 15.4. The Hall–Kier alpha value is -3.24. The number of benzene rings is 1. The van der Waals surface area contributed by atoms with Crippen LogP contribution in [-0.4, -0.2) is 48.3 Å². The van der Waals surface area contributed by atoms with Crippen LogP contribution in [0.5, 0.6) is 0 Å². The number of carboxylic acids is 1. The first-order valence-electron chi connectivity index (χ1n) is 8.74. The van der Waals surface area contributed by atoms with Crippen molar-refractivity contribution >= 4 is 35.3 Å². The molecule has 1 aromatic carbocycles. The zero-order chi connectivity index (χ0) is 20.5. The van der Waals surface area contributed by atoms with Crippen molar-refractivity contribution in [2.45, 2.75) is 12.6 Å². The van der Waals surface area contributed by atoms with Crippen molar-refractivity contribution in [2.75, 3.05) is 12.9 Å². The average Bonchev–Trinajstić information content (AvgIpc) is 3.09. The first kappa shape index (κ1) is 19.1. The van der Waals surface area contributed by atoms with Gasteiger partial charge in [-0.25, -0.2) is 9.31 Å². The number of fused-ring (bicyclic) bond motifs is 3. The largest absolute Gasteiger partial charge is 0.480 e. The Morgan fingerprint density at radius 1 is 1.24 bits per heavy atom. The number of hydrogen-bond donors (Lipinski definition) is 2. The standard InChI is InChI=1S/C19H17N5O4S/c1-28-9-12-15(11-5-3-2-4-6-11)17-21-20-16-13(24(17)22-12)7-8-23(18(16)25)14(10-29)19(26)27/h2-8,14,29H,9-10H2,1H3,(H,26,27)/t14-/m0/s1. The molecule has 4 aromatic rings. The van der Waals surface area contributed by atoms with Crippen LogP contribution in [0.4, 0.5) is 0 Å². The Labute approximate surface area is 170 Å². The average molecular weight is 411 g/mol. The van der Waals surface area contributed by atoms with Crippen molar-refractivity contribution < 1.29 is 14.6 Å². The highest BCUT2D eigenvalue weighted by Crippen LogP contribution is 2.28. The first-order chi connectivity index (χ1) is 14.1. The Morgan fingerprint density at radius 2 is 2.00 bits per heavy atom. The topological polar surface area (TPSA) is 112 Å². The lowest BCUT2D eigenvalue weighted by atomic mass is 10.1. The third-order valence-electron chi connectivity index (χ3n) is 4.62. The second kappa shape index (κ2) is 7.64. The van der Waals surface area contributed by atoms with Crippen LogP contribution in [0.25, 0.3) is 27.8 Å².